The molecule has 0 spiro atoms. The molecule has 0 fully saturated rings. The summed E-state index contributed by atoms with van der Waals surface area (Å²) in [5.74, 6) is 0.892. The third-order valence-electron chi connectivity index (χ3n) is 5.71. The van der Waals surface area contributed by atoms with Crippen LogP contribution in [0.1, 0.15) is 87.6 Å². The summed E-state index contributed by atoms with van der Waals surface area (Å²) in [6, 6.07) is 13.2. The first-order chi connectivity index (χ1) is 16.6. The Bertz CT molecular complexity index is 943. The van der Waals surface area contributed by atoms with E-state index in [1.54, 1.807) is 26.2 Å². The lowest BCUT2D eigenvalue weighted by Crippen LogP contribution is -1.90. The zero-order valence-electron chi connectivity index (χ0n) is 21.1. The van der Waals surface area contributed by atoms with Gasteiger partial charge in [0.2, 0.25) is 0 Å². The van der Waals surface area contributed by atoms with Crippen LogP contribution < -0.4 is 4.74 Å². The number of unbranched alkanes of at least 4 members (excludes halogenated alkanes) is 6. The zero-order valence-corrected chi connectivity index (χ0v) is 21.1. The van der Waals surface area contributed by atoms with Gasteiger partial charge in [-0.1, -0.05) is 56.9 Å². The maximum atomic E-state index is 11.4. The van der Waals surface area contributed by atoms with Crippen LogP contribution in [0.2, 0.25) is 0 Å². The molecule has 0 aliphatic heterocycles. The average molecular weight is 461 g/mol. The number of Topliss-reactive ketones (excluding diaryl/α,β-unsaturated/α-hetero) is 1. The first kappa shape index (κ1) is 27.2. The number of hydrogen-bond acceptors (Lipinski definition) is 4. The van der Waals surface area contributed by atoms with E-state index in [0.717, 1.165) is 42.0 Å². The van der Waals surface area contributed by atoms with E-state index in [9.17, 15) is 4.79 Å². The fraction of sp³-hybridized carbons (Fsp3) is 0.433. The SMILES string of the molecule is CCC/C=C/C/C=C/CCCCCCCc1cc(OC)ccc1N=Nc1ccc(C(C)=O)cc1. The van der Waals surface area contributed by atoms with Crippen LogP contribution in [-0.4, -0.2) is 12.9 Å². The normalized spacial score (nSPS) is 11.7. The van der Waals surface area contributed by atoms with Crippen LogP contribution in [0.3, 0.4) is 0 Å². The van der Waals surface area contributed by atoms with Gasteiger partial charge in [-0.15, -0.1) is 0 Å². The van der Waals surface area contributed by atoms with Crippen LogP contribution in [-0.2, 0) is 6.42 Å². The Morgan fingerprint density at radius 3 is 2.26 bits per heavy atom. The van der Waals surface area contributed by atoms with Crippen LogP contribution in [0.25, 0.3) is 0 Å². The number of nitrogens with zero attached hydrogens (tertiary/aromatic N) is 2. The number of benzene rings is 2. The maximum Gasteiger partial charge on any atom is 0.159 e. The van der Waals surface area contributed by atoms with Crippen LogP contribution >= 0.6 is 0 Å². The van der Waals surface area contributed by atoms with E-state index >= 15 is 0 Å². The molecule has 0 amide bonds. The molecule has 4 nitrogen and oxygen atoms in total. The lowest BCUT2D eigenvalue weighted by Gasteiger charge is -2.08. The summed E-state index contributed by atoms with van der Waals surface area (Å²) in [5.41, 5.74) is 3.44. The second kappa shape index (κ2) is 16.6. The number of carbonyl (C=O) groups excluding carboxylic acids is 1. The number of methoxy groups -OCH3 is 1. The van der Waals surface area contributed by atoms with Crippen molar-refractivity contribution in [3.63, 3.8) is 0 Å². The minimum atomic E-state index is 0.0487. The van der Waals surface area contributed by atoms with E-state index < -0.39 is 0 Å². The highest BCUT2D eigenvalue weighted by Crippen LogP contribution is 2.28. The number of hydrogen-bond donors (Lipinski definition) is 0. The number of ketones is 1. The van der Waals surface area contributed by atoms with Gasteiger partial charge < -0.3 is 4.74 Å². The molecule has 0 heterocycles. The van der Waals surface area contributed by atoms with Gasteiger partial charge in [0.1, 0.15) is 5.75 Å². The number of carbonyl (C=O) groups is 1. The number of ether oxygens (including phenoxy) is 1. The molecule has 0 N–H and O–H groups in total. The van der Waals surface area contributed by atoms with Gasteiger partial charge in [0.25, 0.3) is 0 Å². The summed E-state index contributed by atoms with van der Waals surface area (Å²) < 4.78 is 5.41. The minimum absolute atomic E-state index is 0.0487. The first-order valence-corrected chi connectivity index (χ1v) is 12.6. The molecule has 0 aliphatic carbocycles. The van der Waals surface area contributed by atoms with Crippen LogP contribution in [0.15, 0.2) is 77.0 Å². The van der Waals surface area contributed by atoms with Gasteiger partial charge >= 0.3 is 0 Å². The van der Waals surface area contributed by atoms with Crippen LogP contribution in [0, 0.1) is 0 Å². The Balaban J connectivity index is 1.77. The summed E-state index contributed by atoms with van der Waals surface area (Å²) in [4.78, 5) is 11.4. The molecule has 0 radical (unpaired) electrons. The maximum absolute atomic E-state index is 11.4. The van der Waals surface area contributed by atoms with Gasteiger partial charge in [0.15, 0.2) is 5.78 Å². The van der Waals surface area contributed by atoms with Gasteiger partial charge in [-0.25, -0.2) is 0 Å². The Kier molecular flexibility index (Phi) is 13.3. The number of rotatable bonds is 16. The quantitative estimate of drug-likeness (QED) is 0.108. The molecule has 2 aromatic carbocycles. The van der Waals surface area contributed by atoms with Gasteiger partial charge in [0.05, 0.1) is 18.5 Å². The van der Waals surface area contributed by atoms with Crippen molar-refractivity contribution in [2.24, 2.45) is 10.2 Å². The average Bonchev–Trinajstić information content (AvgIpc) is 2.86. The number of aryl methyl sites for hydroxylation is 1. The van der Waals surface area contributed by atoms with E-state index in [2.05, 4.69) is 47.5 Å². The predicted molar refractivity (Wildman–Crippen MR) is 143 cm³/mol. The largest absolute Gasteiger partial charge is 0.497 e. The van der Waals surface area contributed by atoms with Gasteiger partial charge in [0, 0.05) is 5.56 Å². The minimum Gasteiger partial charge on any atom is -0.497 e. The van der Waals surface area contributed by atoms with Crippen molar-refractivity contribution in [2.75, 3.05) is 7.11 Å². The van der Waals surface area contributed by atoms with Crippen molar-refractivity contribution in [2.45, 2.75) is 78.1 Å². The van der Waals surface area contributed by atoms with Gasteiger partial charge in [-0.05, 0) is 93.5 Å². The van der Waals surface area contributed by atoms with E-state index in [1.165, 1.54) is 44.9 Å². The van der Waals surface area contributed by atoms with E-state index in [4.69, 9.17) is 4.74 Å². The molecular weight excluding hydrogens is 420 g/mol. The molecule has 4 heteroatoms. The van der Waals surface area contributed by atoms with Gasteiger partial charge in [-0.3, -0.25) is 4.79 Å². The topological polar surface area (TPSA) is 51.0 Å². The van der Waals surface area contributed by atoms with Crippen molar-refractivity contribution in [3.8, 4) is 5.75 Å². The Hall–Kier alpha value is -3.01. The van der Waals surface area contributed by atoms with E-state index in [0.29, 0.717) is 5.56 Å². The molecule has 0 saturated carbocycles. The third-order valence-corrected chi connectivity index (χ3v) is 5.71. The first-order valence-electron chi connectivity index (χ1n) is 12.6. The summed E-state index contributed by atoms with van der Waals surface area (Å²) in [5, 5.41) is 8.85. The summed E-state index contributed by atoms with van der Waals surface area (Å²) in [6.45, 7) is 3.77. The van der Waals surface area contributed by atoms with E-state index in [-0.39, 0.29) is 5.78 Å². The monoisotopic (exact) mass is 460 g/mol. The third kappa shape index (κ3) is 10.7. The highest BCUT2D eigenvalue weighted by Gasteiger charge is 2.05. The Morgan fingerprint density at radius 2 is 1.56 bits per heavy atom. The van der Waals surface area contributed by atoms with Crippen molar-refractivity contribution in [1.29, 1.82) is 0 Å². The lowest BCUT2D eigenvalue weighted by molar-refractivity contribution is 0.101. The fourth-order valence-corrected chi connectivity index (χ4v) is 3.64. The van der Waals surface area contributed by atoms with Crippen molar-refractivity contribution >= 4 is 17.2 Å². The molecule has 0 bridgehead atoms. The number of azo groups is 1. The summed E-state index contributed by atoms with van der Waals surface area (Å²) in [7, 11) is 1.69. The van der Waals surface area contributed by atoms with Crippen LogP contribution in [0.5, 0.6) is 5.75 Å². The molecule has 0 aliphatic rings. The second-order valence-corrected chi connectivity index (χ2v) is 8.57. The fourth-order valence-electron chi connectivity index (χ4n) is 3.64. The van der Waals surface area contributed by atoms with E-state index in [1.807, 2.05) is 24.3 Å². The highest BCUT2D eigenvalue weighted by atomic mass is 16.5. The molecular formula is C30H40N2O2. The predicted octanol–water partition coefficient (Wildman–Crippen LogP) is 9.50. The Morgan fingerprint density at radius 1 is 0.853 bits per heavy atom. The molecule has 182 valence electrons. The highest BCUT2D eigenvalue weighted by molar-refractivity contribution is 5.94. The molecule has 0 atom stereocenters. The van der Waals surface area contributed by atoms with Crippen molar-refractivity contribution in [3.05, 3.63) is 77.9 Å². The lowest BCUT2D eigenvalue weighted by atomic mass is 10.0. The molecule has 0 unspecified atom stereocenters. The molecule has 2 aromatic rings. The second-order valence-electron chi connectivity index (χ2n) is 8.57. The summed E-state index contributed by atoms with van der Waals surface area (Å²) in [6.07, 6.45) is 20.9. The zero-order chi connectivity index (χ0) is 24.4. The van der Waals surface area contributed by atoms with Crippen molar-refractivity contribution < 1.29 is 9.53 Å². The molecule has 0 aromatic heterocycles. The molecule has 34 heavy (non-hydrogen) atoms. The van der Waals surface area contributed by atoms with Crippen LogP contribution in [0.4, 0.5) is 11.4 Å². The molecule has 0 saturated heterocycles. The molecule has 2 rings (SSSR count). The number of allylic oxidation sites excluding steroid dienone is 4. The Labute approximate surface area is 205 Å². The summed E-state index contributed by atoms with van der Waals surface area (Å²) >= 11 is 0. The standard InChI is InChI=1S/C30H40N2O2/c1-4-5-6-7-8-9-10-11-12-13-14-15-16-17-27-24-29(34-3)22-23-30(27)32-31-28-20-18-26(19-21-28)25(2)33/h6-7,9-10,18-24H,4-5,8,11-17H2,1-3H3/b7-6+,10-9+,32-31?. The van der Waals surface area contributed by atoms with Crippen molar-refractivity contribution in [1.82, 2.24) is 0 Å². The van der Waals surface area contributed by atoms with Gasteiger partial charge in [-0.2, -0.15) is 10.2 Å². The smallest absolute Gasteiger partial charge is 0.159 e.